The second-order valence-electron chi connectivity index (χ2n) is 7.64. The molecule has 1 aliphatic rings. The van der Waals surface area contributed by atoms with Gasteiger partial charge in [0, 0.05) is 13.0 Å². The molecule has 0 aromatic heterocycles. The van der Waals surface area contributed by atoms with Gasteiger partial charge in [-0.25, -0.2) is 0 Å². The Balaban J connectivity index is 2.01. The maximum atomic E-state index is 12.6. The maximum Gasteiger partial charge on any atom is 0.225 e. The minimum atomic E-state index is -0.0288. The van der Waals surface area contributed by atoms with E-state index < -0.39 is 0 Å². The van der Waals surface area contributed by atoms with E-state index in [1.807, 2.05) is 39.2 Å². The van der Waals surface area contributed by atoms with E-state index in [4.69, 9.17) is 10.5 Å². The average molecular weight is 348 g/mol. The molecule has 3 N–H and O–H groups in total. The van der Waals surface area contributed by atoms with Crippen LogP contribution in [0.15, 0.2) is 18.2 Å². The van der Waals surface area contributed by atoms with Crippen LogP contribution in [0.5, 0.6) is 5.75 Å². The molecule has 25 heavy (non-hydrogen) atoms. The molecule has 0 radical (unpaired) electrons. The van der Waals surface area contributed by atoms with Crippen molar-refractivity contribution >= 4 is 11.6 Å². The smallest absolute Gasteiger partial charge is 0.225 e. The number of likely N-dealkylation sites (N-methyl/N-ethyl adjacent to an activating group) is 1. The quantitative estimate of drug-likeness (QED) is 0.758. The molecule has 1 aliphatic carbocycles. The molecule has 0 saturated heterocycles. The lowest BCUT2D eigenvalue weighted by molar-refractivity contribution is -0.118. The van der Waals surface area contributed by atoms with E-state index in [2.05, 4.69) is 10.2 Å². The summed E-state index contributed by atoms with van der Waals surface area (Å²) in [5.41, 5.74) is 7.85. The summed E-state index contributed by atoms with van der Waals surface area (Å²) in [5, 5.41) is 3.05. The predicted molar refractivity (Wildman–Crippen MR) is 103 cm³/mol. The lowest BCUT2D eigenvalue weighted by Gasteiger charge is -2.35. The number of anilines is 1. The van der Waals surface area contributed by atoms with Gasteiger partial charge in [-0.1, -0.05) is 25.3 Å². The summed E-state index contributed by atoms with van der Waals surface area (Å²) >= 11 is 0. The number of hydrogen-bond acceptors (Lipinski definition) is 4. The van der Waals surface area contributed by atoms with Gasteiger partial charge in [-0.15, -0.1) is 0 Å². The second kappa shape index (κ2) is 9.20. The first-order valence-electron chi connectivity index (χ1n) is 9.32. The van der Waals surface area contributed by atoms with E-state index in [0.717, 1.165) is 36.4 Å². The minimum absolute atomic E-state index is 0.0288. The third-order valence-electron chi connectivity index (χ3n) is 5.09. The summed E-state index contributed by atoms with van der Waals surface area (Å²) in [6.45, 7) is 4.03. The van der Waals surface area contributed by atoms with Crippen LogP contribution in [0.4, 0.5) is 5.69 Å². The van der Waals surface area contributed by atoms with Gasteiger partial charge in [0.15, 0.2) is 0 Å². The minimum Gasteiger partial charge on any atom is -0.490 e. The molecule has 0 atom stereocenters. The highest BCUT2D eigenvalue weighted by molar-refractivity contribution is 5.92. The molecule has 140 valence electrons. The lowest BCUT2D eigenvalue weighted by Crippen LogP contribution is -2.36. The molecule has 1 saturated carbocycles. The monoisotopic (exact) mass is 347 g/mol. The number of amides is 1. The molecular weight excluding hydrogens is 314 g/mol. The van der Waals surface area contributed by atoms with Gasteiger partial charge >= 0.3 is 0 Å². The van der Waals surface area contributed by atoms with E-state index >= 15 is 0 Å². The first-order valence-corrected chi connectivity index (χ1v) is 9.32. The van der Waals surface area contributed by atoms with Gasteiger partial charge in [0.1, 0.15) is 12.4 Å². The van der Waals surface area contributed by atoms with Crippen molar-refractivity contribution in [1.82, 2.24) is 4.90 Å². The third kappa shape index (κ3) is 6.01. The number of aryl methyl sites for hydroxylation is 1. The van der Waals surface area contributed by atoms with Crippen molar-refractivity contribution in [3.05, 3.63) is 23.8 Å². The van der Waals surface area contributed by atoms with Crippen molar-refractivity contribution < 1.29 is 9.53 Å². The van der Waals surface area contributed by atoms with E-state index in [1.54, 1.807) is 0 Å². The van der Waals surface area contributed by atoms with E-state index in [-0.39, 0.29) is 11.3 Å². The lowest BCUT2D eigenvalue weighted by atomic mass is 9.71. The number of rotatable bonds is 8. The molecule has 0 aliphatic heterocycles. The summed E-state index contributed by atoms with van der Waals surface area (Å²) in [6, 6.07) is 5.90. The first-order chi connectivity index (χ1) is 11.9. The Bertz CT molecular complexity index is 566. The standard InChI is InChI=1S/C20H33N3O2/c1-16-7-8-17(18(13-16)25-12-11-23(2)3)22-19(24)14-20(15-21)9-5-4-6-10-20/h7-8,13H,4-6,9-12,14-15,21H2,1-3H3,(H,22,24). The molecule has 0 heterocycles. The van der Waals surface area contributed by atoms with Crippen LogP contribution in [0, 0.1) is 12.3 Å². The Morgan fingerprint density at radius 1 is 1.28 bits per heavy atom. The fourth-order valence-electron chi connectivity index (χ4n) is 3.48. The van der Waals surface area contributed by atoms with Crippen LogP contribution >= 0.6 is 0 Å². The van der Waals surface area contributed by atoms with E-state index in [1.165, 1.54) is 19.3 Å². The molecular formula is C20H33N3O2. The molecule has 2 rings (SSSR count). The number of nitrogens with zero attached hydrogens (tertiary/aromatic N) is 1. The summed E-state index contributed by atoms with van der Waals surface area (Å²) in [5.74, 6) is 0.773. The normalized spacial score (nSPS) is 16.7. The summed E-state index contributed by atoms with van der Waals surface area (Å²) in [6.07, 6.45) is 6.20. The van der Waals surface area contributed by atoms with E-state index in [0.29, 0.717) is 19.6 Å². The Labute approximate surface area is 151 Å². The molecule has 1 aromatic rings. The van der Waals surface area contributed by atoms with Gasteiger partial charge in [0.05, 0.1) is 5.69 Å². The highest BCUT2D eigenvalue weighted by atomic mass is 16.5. The summed E-state index contributed by atoms with van der Waals surface area (Å²) in [7, 11) is 4.03. The molecule has 0 unspecified atom stereocenters. The van der Waals surface area contributed by atoms with Crippen LogP contribution in [-0.4, -0.2) is 44.6 Å². The predicted octanol–water partition coefficient (Wildman–Crippen LogP) is 3.17. The zero-order valence-corrected chi connectivity index (χ0v) is 15.9. The SMILES string of the molecule is Cc1ccc(NC(=O)CC2(CN)CCCCC2)c(OCCN(C)C)c1. The van der Waals surface area contributed by atoms with Crippen LogP contribution in [0.25, 0.3) is 0 Å². The molecule has 0 bridgehead atoms. The number of nitrogens with one attached hydrogen (secondary N) is 1. The Kier molecular flexibility index (Phi) is 7.26. The largest absolute Gasteiger partial charge is 0.490 e. The number of carbonyl (C=O) groups is 1. The van der Waals surface area contributed by atoms with Gasteiger partial charge in [0.2, 0.25) is 5.91 Å². The van der Waals surface area contributed by atoms with Crippen molar-refractivity contribution in [2.24, 2.45) is 11.1 Å². The van der Waals surface area contributed by atoms with Crippen molar-refractivity contribution in [2.75, 3.05) is 39.1 Å². The molecule has 1 aromatic carbocycles. The Morgan fingerprint density at radius 2 is 2.00 bits per heavy atom. The van der Waals surface area contributed by atoms with Crippen LogP contribution in [0.3, 0.4) is 0 Å². The van der Waals surface area contributed by atoms with Crippen LogP contribution < -0.4 is 15.8 Å². The van der Waals surface area contributed by atoms with E-state index in [9.17, 15) is 4.79 Å². The van der Waals surface area contributed by atoms with Crippen LogP contribution in [0.1, 0.15) is 44.1 Å². The molecule has 1 fully saturated rings. The van der Waals surface area contributed by atoms with Gasteiger partial charge in [-0.2, -0.15) is 0 Å². The molecule has 5 nitrogen and oxygen atoms in total. The highest BCUT2D eigenvalue weighted by Crippen LogP contribution is 2.39. The average Bonchev–Trinajstić information content (AvgIpc) is 2.57. The summed E-state index contributed by atoms with van der Waals surface area (Å²) < 4.78 is 5.89. The molecule has 5 heteroatoms. The van der Waals surface area contributed by atoms with Crippen molar-refractivity contribution in [3.63, 3.8) is 0 Å². The first kappa shape index (κ1) is 19.7. The number of ether oxygens (including phenoxy) is 1. The second-order valence-corrected chi connectivity index (χ2v) is 7.64. The zero-order chi connectivity index (χ0) is 18.3. The van der Waals surface area contributed by atoms with Crippen molar-refractivity contribution in [1.29, 1.82) is 0 Å². The number of carbonyl (C=O) groups excluding carboxylic acids is 1. The number of hydrogen-bond donors (Lipinski definition) is 2. The van der Waals surface area contributed by atoms with Gasteiger partial charge in [-0.05, 0) is 63.5 Å². The zero-order valence-electron chi connectivity index (χ0n) is 15.9. The number of nitrogens with two attached hydrogens (primary N) is 1. The fraction of sp³-hybridized carbons (Fsp3) is 0.650. The maximum absolute atomic E-state index is 12.6. The van der Waals surface area contributed by atoms with Crippen molar-refractivity contribution in [2.45, 2.75) is 45.4 Å². The molecule has 0 spiro atoms. The fourth-order valence-corrected chi connectivity index (χ4v) is 3.48. The molecule has 1 amide bonds. The van der Waals surface area contributed by atoms with Gasteiger partial charge in [-0.3, -0.25) is 4.79 Å². The van der Waals surface area contributed by atoms with Gasteiger partial charge < -0.3 is 20.7 Å². The summed E-state index contributed by atoms with van der Waals surface area (Å²) in [4.78, 5) is 14.7. The Morgan fingerprint density at radius 3 is 2.64 bits per heavy atom. The van der Waals surface area contributed by atoms with Crippen LogP contribution in [0.2, 0.25) is 0 Å². The Hall–Kier alpha value is -1.59. The third-order valence-corrected chi connectivity index (χ3v) is 5.09. The van der Waals surface area contributed by atoms with Crippen LogP contribution in [-0.2, 0) is 4.79 Å². The number of benzene rings is 1. The van der Waals surface area contributed by atoms with Gasteiger partial charge in [0.25, 0.3) is 0 Å². The topological polar surface area (TPSA) is 67.6 Å². The van der Waals surface area contributed by atoms with Crippen molar-refractivity contribution in [3.8, 4) is 5.75 Å². The highest BCUT2D eigenvalue weighted by Gasteiger charge is 2.33.